The molecule has 0 aromatic carbocycles. The van der Waals surface area contributed by atoms with Crippen molar-refractivity contribution in [3.8, 4) is 0 Å². The molecule has 0 N–H and O–H groups in total. The standard InChI is InChI=1S/C7H4BrF4N/c8-2-4-1-5(7(10,11)12)6(9)13-3-4/h1,3H,2H2. The summed E-state index contributed by atoms with van der Waals surface area (Å²) >= 11 is 2.95. The second-order valence-electron chi connectivity index (χ2n) is 2.31. The first-order chi connectivity index (χ1) is 5.95. The Kier molecular flexibility index (Phi) is 2.90. The first kappa shape index (κ1) is 10.4. The molecule has 0 bridgehead atoms. The molecule has 0 aliphatic carbocycles. The van der Waals surface area contributed by atoms with Gasteiger partial charge in [-0.3, -0.25) is 0 Å². The molecule has 13 heavy (non-hydrogen) atoms. The summed E-state index contributed by atoms with van der Waals surface area (Å²) in [5.74, 6) is -1.49. The van der Waals surface area contributed by atoms with Crippen LogP contribution in [0.5, 0.6) is 0 Å². The summed E-state index contributed by atoms with van der Waals surface area (Å²) in [5.41, 5.74) is -1.04. The van der Waals surface area contributed by atoms with Crippen LogP contribution in [0.2, 0.25) is 0 Å². The third-order valence-electron chi connectivity index (χ3n) is 1.36. The van der Waals surface area contributed by atoms with Gasteiger partial charge in [-0.25, -0.2) is 4.98 Å². The number of halogens is 5. The van der Waals surface area contributed by atoms with Crippen molar-refractivity contribution in [3.05, 3.63) is 29.3 Å². The molecule has 1 nitrogen and oxygen atoms in total. The Morgan fingerprint density at radius 1 is 1.38 bits per heavy atom. The fourth-order valence-corrected chi connectivity index (χ4v) is 1.07. The summed E-state index contributed by atoms with van der Waals surface area (Å²) in [6, 6.07) is 0.733. The quantitative estimate of drug-likeness (QED) is 0.428. The lowest BCUT2D eigenvalue weighted by atomic mass is 10.2. The zero-order valence-corrected chi connectivity index (χ0v) is 7.78. The van der Waals surface area contributed by atoms with Crippen LogP contribution in [0, 0.1) is 5.95 Å². The normalized spacial score (nSPS) is 11.8. The lowest BCUT2D eigenvalue weighted by Gasteiger charge is -2.07. The zero-order valence-electron chi connectivity index (χ0n) is 6.20. The van der Waals surface area contributed by atoms with Gasteiger partial charge in [-0.15, -0.1) is 0 Å². The highest BCUT2D eigenvalue weighted by atomic mass is 79.9. The van der Waals surface area contributed by atoms with Gasteiger partial charge in [0.1, 0.15) is 5.56 Å². The van der Waals surface area contributed by atoms with E-state index in [4.69, 9.17) is 0 Å². The minimum atomic E-state index is -4.69. The summed E-state index contributed by atoms with van der Waals surface area (Å²) in [4.78, 5) is 3.00. The Labute approximate surface area is 79.9 Å². The predicted molar refractivity (Wildman–Crippen MR) is 41.8 cm³/mol. The van der Waals surface area contributed by atoms with Gasteiger partial charge in [0.05, 0.1) is 0 Å². The zero-order chi connectivity index (χ0) is 10.1. The first-order valence-corrected chi connectivity index (χ1v) is 4.35. The van der Waals surface area contributed by atoms with Crippen molar-refractivity contribution in [3.63, 3.8) is 0 Å². The second-order valence-corrected chi connectivity index (χ2v) is 2.87. The molecule has 1 heterocycles. The van der Waals surface area contributed by atoms with Gasteiger partial charge in [0, 0.05) is 11.5 Å². The lowest BCUT2D eigenvalue weighted by molar-refractivity contribution is -0.140. The summed E-state index contributed by atoms with van der Waals surface area (Å²) in [5, 5.41) is 0.212. The van der Waals surface area contributed by atoms with E-state index in [1.807, 2.05) is 0 Å². The second kappa shape index (κ2) is 3.61. The molecule has 1 rings (SSSR count). The SMILES string of the molecule is Fc1ncc(CBr)cc1C(F)(F)F. The molecule has 0 radical (unpaired) electrons. The molecular formula is C7H4BrF4N. The van der Waals surface area contributed by atoms with Crippen molar-refractivity contribution < 1.29 is 17.6 Å². The predicted octanol–water partition coefficient (Wildman–Crippen LogP) is 3.13. The molecule has 0 fully saturated rings. The third kappa shape index (κ3) is 2.40. The van der Waals surface area contributed by atoms with Crippen LogP contribution in [-0.4, -0.2) is 4.98 Å². The molecule has 0 spiro atoms. The minimum absolute atomic E-state index is 0.212. The Bertz CT molecular complexity index is 310. The largest absolute Gasteiger partial charge is 0.420 e. The maximum atomic E-state index is 12.6. The molecule has 0 aliphatic heterocycles. The lowest BCUT2D eigenvalue weighted by Crippen LogP contribution is -2.10. The van der Waals surface area contributed by atoms with Crippen LogP contribution in [0.15, 0.2) is 12.3 Å². The Morgan fingerprint density at radius 3 is 2.46 bits per heavy atom. The van der Waals surface area contributed by atoms with Gasteiger partial charge >= 0.3 is 6.18 Å². The van der Waals surface area contributed by atoms with Gasteiger partial charge in [-0.05, 0) is 11.6 Å². The van der Waals surface area contributed by atoms with Crippen LogP contribution in [0.3, 0.4) is 0 Å². The highest BCUT2D eigenvalue weighted by Gasteiger charge is 2.34. The van der Waals surface area contributed by atoms with Gasteiger partial charge in [0.25, 0.3) is 0 Å². The van der Waals surface area contributed by atoms with Crippen molar-refractivity contribution in [1.29, 1.82) is 0 Å². The number of hydrogen-bond donors (Lipinski definition) is 0. The molecule has 0 atom stereocenters. The number of hydrogen-bond acceptors (Lipinski definition) is 1. The molecule has 6 heteroatoms. The van der Waals surface area contributed by atoms with Crippen LogP contribution >= 0.6 is 15.9 Å². The van der Waals surface area contributed by atoms with Crippen molar-refractivity contribution >= 4 is 15.9 Å². The molecule has 0 aliphatic rings. The average Bonchev–Trinajstić information content (AvgIpc) is 2.03. The molecule has 0 amide bonds. The molecular weight excluding hydrogens is 254 g/mol. The van der Waals surface area contributed by atoms with Crippen LogP contribution in [0.4, 0.5) is 17.6 Å². The van der Waals surface area contributed by atoms with Crippen LogP contribution in [0.25, 0.3) is 0 Å². The van der Waals surface area contributed by atoms with Gasteiger partial charge in [-0.2, -0.15) is 17.6 Å². The first-order valence-electron chi connectivity index (χ1n) is 3.22. The number of aromatic nitrogens is 1. The third-order valence-corrected chi connectivity index (χ3v) is 2.00. The van der Waals surface area contributed by atoms with Gasteiger partial charge in [0.15, 0.2) is 0 Å². The summed E-state index contributed by atoms with van der Waals surface area (Å²) in [7, 11) is 0. The molecule has 1 aromatic rings. The fourth-order valence-electron chi connectivity index (χ4n) is 0.763. The highest BCUT2D eigenvalue weighted by Crippen LogP contribution is 2.31. The van der Waals surface area contributed by atoms with E-state index in [0.29, 0.717) is 0 Å². The van der Waals surface area contributed by atoms with E-state index in [-0.39, 0.29) is 10.9 Å². The highest BCUT2D eigenvalue weighted by molar-refractivity contribution is 9.08. The van der Waals surface area contributed by atoms with E-state index < -0.39 is 17.7 Å². The number of alkyl halides is 4. The summed E-state index contributed by atoms with van der Waals surface area (Å²) in [6.45, 7) is 0. The Hall–Kier alpha value is -0.650. The van der Waals surface area contributed by atoms with Gasteiger partial charge < -0.3 is 0 Å². The van der Waals surface area contributed by atoms with Crippen molar-refractivity contribution in [1.82, 2.24) is 4.98 Å². The fraction of sp³-hybridized carbons (Fsp3) is 0.286. The van der Waals surface area contributed by atoms with E-state index >= 15 is 0 Å². The summed E-state index contributed by atoms with van der Waals surface area (Å²) in [6.07, 6.45) is -3.63. The maximum absolute atomic E-state index is 12.6. The molecule has 0 saturated heterocycles. The van der Waals surface area contributed by atoms with E-state index in [1.54, 1.807) is 0 Å². The number of nitrogens with zero attached hydrogens (tertiary/aromatic N) is 1. The number of rotatable bonds is 1. The molecule has 0 saturated carbocycles. The van der Waals surface area contributed by atoms with E-state index in [0.717, 1.165) is 12.3 Å². The Balaban J connectivity index is 3.19. The van der Waals surface area contributed by atoms with Crippen LogP contribution in [0.1, 0.15) is 11.1 Å². The average molecular weight is 258 g/mol. The number of pyridine rings is 1. The Morgan fingerprint density at radius 2 is 2.00 bits per heavy atom. The van der Waals surface area contributed by atoms with Gasteiger partial charge in [0.2, 0.25) is 5.95 Å². The van der Waals surface area contributed by atoms with Crippen LogP contribution in [-0.2, 0) is 11.5 Å². The molecule has 0 unspecified atom stereocenters. The molecule has 1 aromatic heterocycles. The summed E-state index contributed by atoms with van der Waals surface area (Å²) < 4.78 is 48.8. The van der Waals surface area contributed by atoms with Crippen LogP contribution < -0.4 is 0 Å². The smallest absolute Gasteiger partial charge is 0.227 e. The minimum Gasteiger partial charge on any atom is -0.227 e. The topological polar surface area (TPSA) is 12.9 Å². The molecule has 72 valence electrons. The van der Waals surface area contributed by atoms with E-state index in [1.165, 1.54) is 0 Å². The monoisotopic (exact) mass is 257 g/mol. The van der Waals surface area contributed by atoms with Gasteiger partial charge in [-0.1, -0.05) is 15.9 Å². The van der Waals surface area contributed by atoms with Crippen molar-refractivity contribution in [2.45, 2.75) is 11.5 Å². The van der Waals surface area contributed by atoms with Crippen molar-refractivity contribution in [2.75, 3.05) is 0 Å². The maximum Gasteiger partial charge on any atom is 0.420 e. The van der Waals surface area contributed by atoms with E-state index in [2.05, 4.69) is 20.9 Å². The van der Waals surface area contributed by atoms with E-state index in [9.17, 15) is 17.6 Å². The van der Waals surface area contributed by atoms with Crippen molar-refractivity contribution in [2.24, 2.45) is 0 Å².